The molecule has 1 fully saturated rings. The molecule has 0 aliphatic carbocycles. The Labute approximate surface area is 154 Å². The highest BCUT2D eigenvalue weighted by Gasteiger charge is 2.21. The summed E-state index contributed by atoms with van der Waals surface area (Å²) in [5.41, 5.74) is 1.01. The van der Waals surface area contributed by atoms with Gasteiger partial charge in [0.05, 0.1) is 26.5 Å². The number of nitrogens with zero attached hydrogens (tertiary/aromatic N) is 3. The van der Waals surface area contributed by atoms with Gasteiger partial charge in [0.15, 0.2) is 0 Å². The van der Waals surface area contributed by atoms with Gasteiger partial charge in [-0.05, 0) is 24.1 Å². The molecule has 0 N–H and O–H groups in total. The van der Waals surface area contributed by atoms with Crippen molar-refractivity contribution in [1.29, 1.82) is 0 Å². The van der Waals surface area contributed by atoms with E-state index in [2.05, 4.69) is 4.90 Å². The number of non-ortho nitro benzene ring substituents is 1. The molecule has 1 saturated heterocycles. The van der Waals surface area contributed by atoms with Gasteiger partial charge in [-0.2, -0.15) is 0 Å². The Morgan fingerprint density at radius 2 is 1.85 bits per heavy atom. The lowest BCUT2D eigenvalue weighted by molar-refractivity contribution is -0.394. The van der Waals surface area contributed by atoms with Crippen LogP contribution in [0.1, 0.15) is 17.5 Å². The van der Waals surface area contributed by atoms with E-state index in [0.717, 1.165) is 36.4 Å². The molecule has 1 heterocycles. The maximum atomic E-state index is 11.3. The van der Waals surface area contributed by atoms with E-state index in [4.69, 9.17) is 0 Å². The Bertz CT molecular complexity index is 855. The van der Waals surface area contributed by atoms with Gasteiger partial charge in [0.25, 0.3) is 11.4 Å². The van der Waals surface area contributed by atoms with Gasteiger partial charge in [0, 0.05) is 24.9 Å². The van der Waals surface area contributed by atoms with Crippen LogP contribution in [0.4, 0.5) is 11.4 Å². The zero-order valence-electron chi connectivity index (χ0n) is 13.9. The lowest BCUT2D eigenvalue weighted by atomic mass is 10.1. The summed E-state index contributed by atoms with van der Waals surface area (Å²) in [5, 5.41) is 23.2. The van der Waals surface area contributed by atoms with E-state index in [-0.39, 0.29) is 11.4 Å². The smallest absolute Gasteiger partial charge is 0.283 e. The molecular formula is C18H17N3O4S. The van der Waals surface area contributed by atoms with Crippen LogP contribution < -0.4 is 0 Å². The molecule has 1 aliphatic heterocycles. The first-order chi connectivity index (χ1) is 12.5. The summed E-state index contributed by atoms with van der Waals surface area (Å²) >= 11 is 1.65. The third-order valence-electron chi connectivity index (χ3n) is 4.05. The fraction of sp³-hybridized carbons (Fsp3) is 0.222. The second kappa shape index (κ2) is 8.01. The fourth-order valence-electron chi connectivity index (χ4n) is 2.79. The van der Waals surface area contributed by atoms with Gasteiger partial charge in [-0.15, -0.1) is 11.8 Å². The first-order valence-corrected chi connectivity index (χ1v) is 9.09. The van der Waals surface area contributed by atoms with E-state index >= 15 is 0 Å². The van der Waals surface area contributed by atoms with Crippen molar-refractivity contribution in [2.75, 3.05) is 12.3 Å². The number of thioether (sulfide) groups is 1. The predicted molar refractivity (Wildman–Crippen MR) is 102 cm³/mol. The van der Waals surface area contributed by atoms with Gasteiger partial charge >= 0.3 is 0 Å². The van der Waals surface area contributed by atoms with Crippen molar-refractivity contribution in [1.82, 2.24) is 4.90 Å². The first kappa shape index (κ1) is 17.9. The standard InChI is InChI=1S/C18H17N3O4S/c22-20(23)16-8-7-15(17(12-16)21(24)25)11-18-19(9-4-10-26-18)13-14-5-2-1-3-6-14/h1-3,5-8,11-12H,4,9-10,13H2/b18-11+. The number of nitro benzene ring substituents is 2. The highest BCUT2D eigenvalue weighted by molar-refractivity contribution is 8.03. The van der Waals surface area contributed by atoms with Crippen LogP contribution in [0.5, 0.6) is 0 Å². The third kappa shape index (κ3) is 4.20. The molecule has 0 aromatic heterocycles. The molecule has 8 heteroatoms. The van der Waals surface area contributed by atoms with E-state index in [0.29, 0.717) is 5.56 Å². The Morgan fingerprint density at radius 1 is 1.08 bits per heavy atom. The molecule has 2 aromatic carbocycles. The van der Waals surface area contributed by atoms with E-state index in [1.807, 2.05) is 30.3 Å². The zero-order valence-corrected chi connectivity index (χ0v) is 14.7. The molecule has 0 unspecified atom stereocenters. The van der Waals surface area contributed by atoms with Gasteiger partial charge in [0.2, 0.25) is 0 Å². The van der Waals surface area contributed by atoms with Gasteiger partial charge in [-0.3, -0.25) is 20.2 Å². The number of hydrogen-bond acceptors (Lipinski definition) is 6. The SMILES string of the molecule is O=[N+]([O-])c1ccc(/C=C2/SCCCN2Cc2ccccc2)c([N+](=O)[O-])c1. The Hall–Kier alpha value is -2.87. The molecule has 0 bridgehead atoms. The minimum atomic E-state index is -0.624. The average molecular weight is 371 g/mol. The number of rotatable bonds is 5. The van der Waals surface area contributed by atoms with Crippen molar-refractivity contribution in [2.24, 2.45) is 0 Å². The van der Waals surface area contributed by atoms with Gasteiger partial charge in [-0.1, -0.05) is 30.3 Å². The molecule has 2 aromatic rings. The predicted octanol–water partition coefficient (Wildman–Crippen LogP) is 4.44. The Morgan fingerprint density at radius 3 is 2.54 bits per heavy atom. The van der Waals surface area contributed by atoms with E-state index in [1.54, 1.807) is 17.8 Å². The van der Waals surface area contributed by atoms with Crippen LogP contribution in [0.15, 0.2) is 53.6 Å². The van der Waals surface area contributed by atoms with Crippen LogP contribution in [0.2, 0.25) is 0 Å². The maximum Gasteiger partial charge on any atom is 0.283 e. The quantitative estimate of drug-likeness (QED) is 0.570. The molecule has 0 atom stereocenters. The largest absolute Gasteiger partial charge is 0.362 e. The van der Waals surface area contributed by atoms with Crippen molar-refractivity contribution >= 4 is 29.2 Å². The molecule has 3 rings (SSSR count). The number of benzene rings is 2. The summed E-state index contributed by atoms with van der Waals surface area (Å²) in [7, 11) is 0. The summed E-state index contributed by atoms with van der Waals surface area (Å²) in [6.07, 6.45) is 2.80. The highest BCUT2D eigenvalue weighted by atomic mass is 32.2. The molecule has 0 amide bonds. The van der Waals surface area contributed by atoms with E-state index < -0.39 is 9.85 Å². The normalized spacial score (nSPS) is 15.8. The van der Waals surface area contributed by atoms with E-state index in [1.165, 1.54) is 17.7 Å². The van der Waals surface area contributed by atoms with Gasteiger partial charge in [0.1, 0.15) is 0 Å². The summed E-state index contributed by atoms with van der Waals surface area (Å²) in [6, 6.07) is 13.8. The van der Waals surface area contributed by atoms with Crippen molar-refractivity contribution in [3.8, 4) is 0 Å². The fourth-order valence-corrected chi connectivity index (χ4v) is 3.82. The number of hydrogen-bond donors (Lipinski definition) is 0. The summed E-state index contributed by atoms with van der Waals surface area (Å²) in [5.74, 6) is 0.942. The first-order valence-electron chi connectivity index (χ1n) is 8.11. The molecule has 134 valence electrons. The Kier molecular flexibility index (Phi) is 5.52. The minimum Gasteiger partial charge on any atom is -0.362 e. The maximum absolute atomic E-state index is 11.3. The van der Waals surface area contributed by atoms with Crippen molar-refractivity contribution in [3.63, 3.8) is 0 Å². The second-order valence-electron chi connectivity index (χ2n) is 5.85. The van der Waals surface area contributed by atoms with Crippen LogP contribution in [-0.4, -0.2) is 27.0 Å². The molecule has 7 nitrogen and oxygen atoms in total. The molecule has 26 heavy (non-hydrogen) atoms. The molecule has 0 saturated carbocycles. The number of nitro groups is 2. The van der Waals surface area contributed by atoms with Crippen molar-refractivity contribution in [2.45, 2.75) is 13.0 Å². The third-order valence-corrected chi connectivity index (χ3v) is 5.22. The summed E-state index contributed by atoms with van der Waals surface area (Å²) in [6.45, 7) is 1.59. The monoisotopic (exact) mass is 371 g/mol. The topological polar surface area (TPSA) is 89.5 Å². The molecule has 1 aliphatic rings. The lowest BCUT2D eigenvalue weighted by Crippen LogP contribution is -2.26. The van der Waals surface area contributed by atoms with Crippen LogP contribution in [-0.2, 0) is 6.54 Å². The minimum absolute atomic E-state index is 0.252. The molecule has 0 radical (unpaired) electrons. The molecule has 0 spiro atoms. The average Bonchev–Trinajstić information content (AvgIpc) is 2.64. The summed E-state index contributed by atoms with van der Waals surface area (Å²) in [4.78, 5) is 23.2. The summed E-state index contributed by atoms with van der Waals surface area (Å²) < 4.78 is 0. The zero-order chi connectivity index (χ0) is 18.5. The van der Waals surface area contributed by atoms with Crippen LogP contribution in [0.3, 0.4) is 0 Å². The second-order valence-corrected chi connectivity index (χ2v) is 6.96. The highest BCUT2D eigenvalue weighted by Crippen LogP contribution is 2.33. The van der Waals surface area contributed by atoms with Gasteiger partial charge in [-0.25, -0.2) is 0 Å². The lowest BCUT2D eigenvalue weighted by Gasteiger charge is -2.31. The Balaban J connectivity index is 1.93. The van der Waals surface area contributed by atoms with Gasteiger partial charge < -0.3 is 4.90 Å². The van der Waals surface area contributed by atoms with E-state index in [9.17, 15) is 20.2 Å². The van der Waals surface area contributed by atoms with Crippen molar-refractivity contribution < 1.29 is 9.85 Å². The van der Waals surface area contributed by atoms with Crippen LogP contribution in [0.25, 0.3) is 6.08 Å². The van der Waals surface area contributed by atoms with Crippen molar-refractivity contribution in [3.05, 3.63) is 84.9 Å². The van der Waals surface area contributed by atoms with Crippen LogP contribution in [0, 0.1) is 20.2 Å². The van der Waals surface area contributed by atoms with Crippen LogP contribution >= 0.6 is 11.8 Å². The molecular weight excluding hydrogens is 354 g/mol.